The van der Waals surface area contributed by atoms with E-state index in [1.807, 2.05) is 6.92 Å². The number of nitrogens with one attached hydrogen (secondary N) is 1. The third-order valence-electron chi connectivity index (χ3n) is 2.79. The quantitative estimate of drug-likeness (QED) is 0.758. The summed E-state index contributed by atoms with van der Waals surface area (Å²) in [6.45, 7) is 3.94. The summed E-state index contributed by atoms with van der Waals surface area (Å²) >= 11 is 18.2. The highest BCUT2D eigenvalue weighted by Gasteiger charge is 2.11. The first-order valence-corrected chi connectivity index (χ1v) is 7.39. The van der Waals surface area contributed by atoms with Crippen molar-refractivity contribution in [2.75, 3.05) is 5.32 Å². The highest BCUT2D eigenvalue weighted by molar-refractivity contribution is 6.36. The number of benzene rings is 1. The Balaban J connectivity index is 2.37. The SMILES string of the molecule is CCCc1nc(Cl)c(C)c(Nc2ccc(Cl)cc2Cl)n1. The zero-order valence-electron chi connectivity index (χ0n) is 11.2. The average Bonchev–Trinajstić information content (AvgIpc) is 2.39. The molecule has 0 aliphatic carbocycles. The molecule has 0 spiro atoms. The Bertz CT molecular complexity index is 629. The van der Waals surface area contributed by atoms with E-state index >= 15 is 0 Å². The van der Waals surface area contributed by atoms with Crippen molar-refractivity contribution in [3.05, 3.63) is 44.8 Å². The molecule has 2 rings (SSSR count). The second kappa shape index (κ2) is 6.61. The molecule has 0 saturated carbocycles. The van der Waals surface area contributed by atoms with Crippen LogP contribution in [0.5, 0.6) is 0 Å². The Morgan fingerprint density at radius 3 is 2.55 bits per heavy atom. The molecule has 0 amide bonds. The van der Waals surface area contributed by atoms with Crippen molar-refractivity contribution < 1.29 is 0 Å². The number of rotatable bonds is 4. The van der Waals surface area contributed by atoms with Gasteiger partial charge in [-0.25, -0.2) is 9.97 Å². The summed E-state index contributed by atoms with van der Waals surface area (Å²) in [5.41, 5.74) is 1.52. The average molecular weight is 331 g/mol. The fourth-order valence-electron chi connectivity index (χ4n) is 1.71. The van der Waals surface area contributed by atoms with Gasteiger partial charge >= 0.3 is 0 Å². The summed E-state index contributed by atoms with van der Waals surface area (Å²) < 4.78 is 0. The number of aryl methyl sites for hydroxylation is 1. The Hall–Kier alpha value is -1.03. The first-order valence-electron chi connectivity index (χ1n) is 6.26. The lowest BCUT2D eigenvalue weighted by Crippen LogP contribution is -2.04. The van der Waals surface area contributed by atoms with Crippen LogP contribution in [0.15, 0.2) is 18.2 Å². The van der Waals surface area contributed by atoms with Crippen LogP contribution in [0.3, 0.4) is 0 Å². The Morgan fingerprint density at radius 1 is 1.15 bits per heavy atom. The number of anilines is 2. The molecule has 1 heterocycles. The van der Waals surface area contributed by atoms with Crippen molar-refractivity contribution in [2.45, 2.75) is 26.7 Å². The molecule has 6 heteroatoms. The largest absolute Gasteiger partial charge is 0.339 e. The topological polar surface area (TPSA) is 37.8 Å². The van der Waals surface area contributed by atoms with Crippen molar-refractivity contribution in [3.63, 3.8) is 0 Å². The van der Waals surface area contributed by atoms with Gasteiger partial charge < -0.3 is 5.32 Å². The molecule has 0 unspecified atom stereocenters. The van der Waals surface area contributed by atoms with Gasteiger partial charge in [0.2, 0.25) is 0 Å². The van der Waals surface area contributed by atoms with Crippen molar-refractivity contribution in [2.24, 2.45) is 0 Å². The number of halogens is 3. The lowest BCUT2D eigenvalue weighted by molar-refractivity contribution is 0.833. The molecule has 0 atom stereocenters. The normalized spacial score (nSPS) is 10.7. The van der Waals surface area contributed by atoms with Gasteiger partial charge in [0.15, 0.2) is 0 Å². The van der Waals surface area contributed by atoms with Crippen molar-refractivity contribution in [1.29, 1.82) is 0 Å². The van der Waals surface area contributed by atoms with Gasteiger partial charge in [-0.3, -0.25) is 0 Å². The minimum atomic E-state index is 0.455. The molecule has 0 radical (unpaired) electrons. The van der Waals surface area contributed by atoms with Crippen LogP contribution in [0.1, 0.15) is 24.7 Å². The Labute approximate surface area is 133 Å². The maximum atomic E-state index is 6.15. The van der Waals surface area contributed by atoms with Gasteiger partial charge in [0.1, 0.15) is 16.8 Å². The zero-order valence-corrected chi connectivity index (χ0v) is 13.4. The van der Waals surface area contributed by atoms with Gasteiger partial charge in [0.05, 0.1) is 10.7 Å². The zero-order chi connectivity index (χ0) is 14.7. The van der Waals surface area contributed by atoms with E-state index in [4.69, 9.17) is 34.8 Å². The third kappa shape index (κ3) is 3.54. The van der Waals surface area contributed by atoms with Crippen LogP contribution in [0, 0.1) is 6.92 Å². The number of hydrogen-bond donors (Lipinski definition) is 1. The Kier molecular flexibility index (Phi) is 5.08. The maximum Gasteiger partial charge on any atom is 0.138 e. The van der Waals surface area contributed by atoms with Crippen molar-refractivity contribution in [3.8, 4) is 0 Å². The van der Waals surface area contributed by atoms with E-state index in [0.29, 0.717) is 21.0 Å². The Morgan fingerprint density at radius 2 is 1.90 bits per heavy atom. The van der Waals surface area contributed by atoms with Gasteiger partial charge in [-0.2, -0.15) is 0 Å². The van der Waals surface area contributed by atoms with E-state index in [1.54, 1.807) is 18.2 Å². The van der Waals surface area contributed by atoms with Crippen LogP contribution in [-0.2, 0) is 6.42 Å². The molecule has 0 fully saturated rings. The smallest absolute Gasteiger partial charge is 0.138 e. The maximum absolute atomic E-state index is 6.15. The molecule has 1 N–H and O–H groups in total. The molecule has 0 saturated heterocycles. The standard InChI is InChI=1S/C14H14Cl3N3/c1-3-4-12-19-13(17)8(2)14(20-12)18-11-6-5-9(15)7-10(11)16/h5-7H,3-4H2,1-2H3,(H,18,19,20). The van der Waals surface area contributed by atoms with E-state index in [-0.39, 0.29) is 0 Å². The first kappa shape index (κ1) is 15.4. The molecule has 0 aliphatic rings. The molecule has 3 nitrogen and oxygen atoms in total. The number of aromatic nitrogens is 2. The lowest BCUT2D eigenvalue weighted by atomic mass is 10.2. The van der Waals surface area contributed by atoms with Crippen LogP contribution < -0.4 is 5.32 Å². The summed E-state index contributed by atoms with van der Waals surface area (Å²) in [5, 5.41) is 4.75. The third-order valence-corrected chi connectivity index (χ3v) is 3.71. The highest BCUT2D eigenvalue weighted by Crippen LogP contribution is 2.30. The monoisotopic (exact) mass is 329 g/mol. The molecule has 2 aromatic rings. The summed E-state index contributed by atoms with van der Waals surface area (Å²) in [7, 11) is 0. The van der Waals surface area contributed by atoms with Gasteiger partial charge in [-0.05, 0) is 31.5 Å². The molecule has 1 aromatic carbocycles. The predicted octanol–water partition coefficient (Wildman–Crippen LogP) is 5.44. The molecule has 1 aromatic heterocycles. The van der Waals surface area contributed by atoms with E-state index in [2.05, 4.69) is 22.2 Å². The second-order valence-corrected chi connectivity index (χ2v) is 5.61. The van der Waals surface area contributed by atoms with Crippen LogP contribution in [-0.4, -0.2) is 9.97 Å². The molecule has 20 heavy (non-hydrogen) atoms. The molecule has 106 valence electrons. The van der Waals surface area contributed by atoms with E-state index in [0.717, 1.165) is 29.9 Å². The van der Waals surface area contributed by atoms with Crippen LogP contribution in [0.2, 0.25) is 15.2 Å². The molecule has 0 aliphatic heterocycles. The van der Waals surface area contributed by atoms with E-state index in [1.165, 1.54) is 0 Å². The lowest BCUT2D eigenvalue weighted by Gasteiger charge is -2.12. The van der Waals surface area contributed by atoms with Gasteiger partial charge in [0, 0.05) is 17.0 Å². The number of nitrogens with zero attached hydrogens (tertiary/aromatic N) is 2. The van der Waals surface area contributed by atoms with Gasteiger partial charge in [0.25, 0.3) is 0 Å². The highest BCUT2D eigenvalue weighted by atomic mass is 35.5. The van der Waals surface area contributed by atoms with E-state index < -0.39 is 0 Å². The summed E-state index contributed by atoms with van der Waals surface area (Å²) in [6.07, 6.45) is 1.74. The van der Waals surface area contributed by atoms with Gasteiger partial charge in [-0.15, -0.1) is 0 Å². The van der Waals surface area contributed by atoms with Crippen LogP contribution in [0.4, 0.5) is 11.5 Å². The van der Waals surface area contributed by atoms with Crippen molar-refractivity contribution in [1.82, 2.24) is 9.97 Å². The van der Waals surface area contributed by atoms with Crippen LogP contribution in [0.25, 0.3) is 0 Å². The second-order valence-electron chi connectivity index (χ2n) is 4.40. The summed E-state index contributed by atoms with van der Waals surface area (Å²) in [5.74, 6) is 1.38. The van der Waals surface area contributed by atoms with Crippen LogP contribution >= 0.6 is 34.8 Å². The van der Waals surface area contributed by atoms with Gasteiger partial charge in [-0.1, -0.05) is 41.7 Å². The molecule has 0 bridgehead atoms. The first-order chi connectivity index (χ1) is 9.51. The molecular weight excluding hydrogens is 317 g/mol. The fourth-order valence-corrected chi connectivity index (χ4v) is 2.35. The minimum Gasteiger partial charge on any atom is -0.339 e. The van der Waals surface area contributed by atoms with E-state index in [9.17, 15) is 0 Å². The fraction of sp³-hybridized carbons (Fsp3) is 0.286. The number of hydrogen-bond acceptors (Lipinski definition) is 3. The molecular formula is C14H14Cl3N3. The minimum absolute atomic E-state index is 0.455. The predicted molar refractivity (Wildman–Crippen MR) is 85.5 cm³/mol. The summed E-state index contributed by atoms with van der Waals surface area (Å²) in [6, 6.07) is 5.25. The van der Waals surface area contributed by atoms with Crippen molar-refractivity contribution >= 4 is 46.3 Å². The summed E-state index contributed by atoms with van der Waals surface area (Å²) in [4.78, 5) is 8.74.